The summed E-state index contributed by atoms with van der Waals surface area (Å²) in [6.07, 6.45) is 4.84. The van der Waals surface area contributed by atoms with Crippen LogP contribution < -0.4 is 34.7 Å². The predicted molar refractivity (Wildman–Crippen MR) is 217 cm³/mol. The molecule has 2 N–H and O–H groups in total. The van der Waals surface area contributed by atoms with E-state index in [9.17, 15) is 46.2 Å². The summed E-state index contributed by atoms with van der Waals surface area (Å²) < 4.78 is 55.2. The van der Waals surface area contributed by atoms with Gasteiger partial charge in [-0.25, -0.2) is 21.6 Å². The fourth-order valence-corrected chi connectivity index (χ4v) is 12.3. The SMILES string of the molecule is CC1(C)[C@H](C(=O)OC(c2ccccc2)c2ccccc2)N2C(=O)/C(=C/c3cc(CO)ccn3)[C@H]2S1(=O)=O.CC1(C)[C@H](C(=O)[O-])N2C(=O)/C(=C/c3cc(CO)ccn3)[C@H]2S1(=O)=O.[Na+]. The zero-order valence-corrected chi connectivity index (χ0v) is 37.9. The molecule has 4 atom stereocenters. The Labute approximate surface area is 380 Å². The number of ether oxygens (including phenoxy) is 1. The molecule has 19 heteroatoms. The average Bonchev–Trinajstić information content (AvgIpc) is 3.49. The van der Waals surface area contributed by atoms with Crippen molar-refractivity contribution < 1.29 is 85.6 Å². The van der Waals surface area contributed by atoms with Gasteiger partial charge in [-0.05, 0) is 86.4 Å². The van der Waals surface area contributed by atoms with Crippen molar-refractivity contribution in [3.63, 3.8) is 0 Å². The van der Waals surface area contributed by atoms with Crippen LogP contribution in [0.4, 0.5) is 0 Å². The molecule has 4 aromatic rings. The molecule has 4 aliphatic rings. The maximum atomic E-state index is 13.6. The van der Waals surface area contributed by atoms with Gasteiger partial charge in [-0.15, -0.1) is 0 Å². The van der Waals surface area contributed by atoms with Crippen LogP contribution in [0.5, 0.6) is 0 Å². The van der Waals surface area contributed by atoms with E-state index in [0.29, 0.717) is 22.5 Å². The molecule has 0 aliphatic carbocycles. The van der Waals surface area contributed by atoms with Gasteiger partial charge in [0.15, 0.2) is 42.6 Å². The Bertz CT molecular complexity index is 2690. The van der Waals surface area contributed by atoms with E-state index >= 15 is 0 Å². The molecular weight excluding hydrogens is 852 g/mol. The maximum absolute atomic E-state index is 13.6. The van der Waals surface area contributed by atoms with Crippen molar-refractivity contribution in [3.8, 4) is 0 Å². The zero-order valence-electron chi connectivity index (χ0n) is 34.3. The Morgan fingerprint density at radius 1 is 0.710 bits per heavy atom. The van der Waals surface area contributed by atoms with Crippen molar-refractivity contribution in [2.45, 2.75) is 79.3 Å². The van der Waals surface area contributed by atoms with Crippen LogP contribution in [-0.2, 0) is 56.8 Å². The van der Waals surface area contributed by atoms with E-state index in [2.05, 4.69) is 9.97 Å². The first-order valence-corrected chi connectivity index (χ1v) is 22.1. The monoisotopic (exact) mass is 892 g/mol. The number of β-lactam (4-membered cyclic amide) rings is 2. The number of benzene rings is 2. The Balaban J connectivity index is 0.000000222. The van der Waals surface area contributed by atoms with Gasteiger partial charge in [-0.2, -0.15) is 0 Å². The van der Waals surface area contributed by atoms with Gasteiger partial charge < -0.3 is 34.7 Å². The van der Waals surface area contributed by atoms with E-state index in [1.54, 1.807) is 18.2 Å². The van der Waals surface area contributed by atoms with Crippen molar-refractivity contribution >= 4 is 55.6 Å². The number of carboxylic acid groups (broad SMARTS) is 1. The average molecular weight is 893 g/mol. The number of pyridine rings is 2. The Kier molecular flexibility index (Phi) is 12.9. The predicted octanol–water partition coefficient (Wildman–Crippen LogP) is -1.51. The number of aromatic nitrogens is 2. The molecule has 0 saturated carbocycles. The topological polar surface area (TPSA) is 242 Å². The standard InChI is InChI=1S/C28H26N2O6S.C15H16N2O6S.Na/c1-28(2)24(27(33)36-23(19-9-5-3-6-10-19)20-11-7-4-8-12-20)30-25(32)22(26(30)37(28,34)35)16-21-15-18(17-31)13-14-29-21;1-15(2)11(14(20)21)17-12(19)10(13(17)24(15,22)23)6-9-5-8(7-18)3-4-16-9;/h3-16,23-24,26,31H,17H2,1-2H3;3-6,11,13,18H,7H2,1-2H3,(H,20,21);/q;;+1/p-1/b22-16-;10-6-;/t24-,26+;11-,13+;/m00./s1. The van der Waals surface area contributed by atoms with Crippen LogP contribution in [0.3, 0.4) is 0 Å². The number of carbonyl (C=O) groups is 4. The van der Waals surface area contributed by atoms with Gasteiger partial charge in [0.25, 0.3) is 11.8 Å². The normalized spacial score (nSPS) is 24.5. The Hall–Kier alpha value is -5.08. The van der Waals surface area contributed by atoms with Crippen molar-refractivity contribution in [2.75, 3.05) is 0 Å². The summed E-state index contributed by atoms with van der Waals surface area (Å²) in [5.74, 6) is -3.62. The molecule has 62 heavy (non-hydrogen) atoms. The number of carboxylic acids is 1. The number of rotatable bonds is 9. The minimum atomic E-state index is -3.98. The van der Waals surface area contributed by atoms with Crippen molar-refractivity contribution in [1.82, 2.24) is 19.8 Å². The van der Waals surface area contributed by atoms with E-state index in [-0.39, 0.29) is 53.9 Å². The summed E-state index contributed by atoms with van der Waals surface area (Å²) in [5, 5.41) is 27.3. The summed E-state index contributed by atoms with van der Waals surface area (Å²) in [4.78, 5) is 60.7. The molecule has 2 aromatic carbocycles. The molecule has 16 nitrogen and oxygen atoms in total. The van der Waals surface area contributed by atoms with Gasteiger partial charge in [-0.3, -0.25) is 19.6 Å². The number of sulfone groups is 2. The second kappa shape index (κ2) is 17.2. The first-order valence-electron chi connectivity index (χ1n) is 19.0. The van der Waals surface area contributed by atoms with Gasteiger partial charge in [-0.1, -0.05) is 60.7 Å². The molecule has 4 aliphatic heterocycles. The number of aliphatic hydroxyl groups is 2. The van der Waals surface area contributed by atoms with Crippen LogP contribution in [0, 0.1) is 0 Å². The summed E-state index contributed by atoms with van der Waals surface area (Å²) in [7, 11) is -7.92. The molecule has 8 rings (SSSR count). The van der Waals surface area contributed by atoms with E-state index in [1.165, 1.54) is 58.3 Å². The quantitative estimate of drug-likeness (QED) is 0.0841. The van der Waals surface area contributed by atoms with Crippen molar-refractivity contribution in [2.24, 2.45) is 0 Å². The number of hydrogen-bond donors (Lipinski definition) is 2. The molecule has 4 fully saturated rings. The molecule has 0 unspecified atom stereocenters. The van der Waals surface area contributed by atoms with E-state index in [1.807, 2.05) is 60.7 Å². The van der Waals surface area contributed by atoms with Crippen LogP contribution in [0.25, 0.3) is 12.2 Å². The molecule has 318 valence electrons. The second-order valence-corrected chi connectivity index (χ2v) is 21.1. The second-order valence-electron chi connectivity index (χ2n) is 15.9. The van der Waals surface area contributed by atoms with Gasteiger partial charge in [0.1, 0.15) is 4.75 Å². The third-order valence-corrected chi connectivity index (χ3v) is 17.0. The molecule has 2 aromatic heterocycles. The first kappa shape index (κ1) is 46.4. The van der Waals surface area contributed by atoms with Crippen LogP contribution in [0.15, 0.2) is 108 Å². The third kappa shape index (κ3) is 7.60. The molecule has 6 heterocycles. The van der Waals surface area contributed by atoms with E-state index in [0.717, 1.165) is 20.9 Å². The molecule has 4 saturated heterocycles. The van der Waals surface area contributed by atoms with Gasteiger partial charge in [0, 0.05) is 12.4 Å². The fourth-order valence-electron chi connectivity index (χ4n) is 8.07. The number of fused-ring (bicyclic) bond motifs is 2. The van der Waals surface area contributed by atoms with Crippen molar-refractivity contribution in [1.29, 1.82) is 0 Å². The molecule has 0 bridgehead atoms. The molecular formula is C43H41N4NaO12S2. The largest absolute Gasteiger partial charge is 1.00 e. The Morgan fingerprint density at radius 2 is 1.10 bits per heavy atom. The number of amides is 2. The maximum Gasteiger partial charge on any atom is 1.00 e. The van der Waals surface area contributed by atoms with E-state index in [4.69, 9.17) is 9.84 Å². The number of carbonyl (C=O) groups excluding carboxylic acids is 4. The van der Waals surface area contributed by atoms with Crippen LogP contribution in [-0.4, -0.2) is 103 Å². The third-order valence-electron chi connectivity index (χ3n) is 11.5. The van der Waals surface area contributed by atoms with Gasteiger partial charge >= 0.3 is 35.5 Å². The minimum Gasteiger partial charge on any atom is -0.548 e. The summed E-state index contributed by atoms with van der Waals surface area (Å²) >= 11 is 0. The van der Waals surface area contributed by atoms with Crippen LogP contribution in [0.2, 0.25) is 0 Å². The summed E-state index contributed by atoms with van der Waals surface area (Å²) in [5.41, 5.74) is 3.25. The van der Waals surface area contributed by atoms with Crippen molar-refractivity contribution in [3.05, 3.63) is 142 Å². The fraction of sp³-hybridized carbons (Fsp3) is 0.302. The van der Waals surface area contributed by atoms with Crippen LogP contribution >= 0.6 is 0 Å². The number of hydrogen-bond acceptors (Lipinski definition) is 14. The number of aliphatic carboxylic acids is 1. The van der Waals surface area contributed by atoms with Gasteiger partial charge in [0.2, 0.25) is 0 Å². The van der Waals surface area contributed by atoms with Crippen LogP contribution in [0.1, 0.15) is 67.4 Å². The number of nitrogens with zero attached hydrogens (tertiary/aromatic N) is 4. The zero-order chi connectivity index (χ0) is 44.2. The first-order chi connectivity index (χ1) is 28.8. The Morgan fingerprint density at radius 3 is 1.48 bits per heavy atom. The summed E-state index contributed by atoms with van der Waals surface area (Å²) in [6, 6.07) is 21.8. The smallest absolute Gasteiger partial charge is 0.548 e. The number of aliphatic hydroxyl groups excluding tert-OH is 2. The molecule has 0 radical (unpaired) electrons. The van der Waals surface area contributed by atoms with Gasteiger partial charge in [0.05, 0.1) is 52.5 Å². The summed E-state index contributed by atoms with van der Waals surface area (Å²) in [6.45, 7) is 5.00. The molecule has 0 spiro atoms. The number of esters is 1. The minimum absolute atomic E-state index is 0. The molecule has 2 amide bonds. The van der Waals surface area contributed by atoms with E-state index < -0.39 is 81.9 Å².